The molecule has 0 N–H and O–H groups in total. The molecule has 1 heteroatoms. The van der Waals surface area contributed by atoms with Gasteiger partial charge in [0.25, 0.3) is 0 Å². The average molecular weight is 325 g/mol. The molecule has 0 aliphatic carbocycles. The molecule has 0 spiro atoms. The molecule has 0 saturated carbocycles. The van der Waals surface area contributed by atoms with Gasteiger partial charge in [-0.05, 0) is 6.92 Å². The topological polar surface area (TPSA) is 0 Å². The third-order valence-corrected chi connectivity index (χ3v) is 11.2. The van der Waals surface area contributed by atoms with E-state index in [-0.39, 0.29) is 0 Å². The molecule has 22 heavy (non-hydrogen) atoms. The fourth-order valence-corrected chi connectivity index (χ4v) is 8.50. The molecule has 0 aliphatic heterocycles. The van der Waals surface area contributed by atoms with Gasteiger partial charge in [-0.3, -0.25) is 0 Å². The summed E-state index contributed by atoms with van der Waals surface area (Å²) in [6.07, 6.45) is 17.1. The molecule has 0 aromatic rings. The smallest absolute Gasteiger partial charge is 0.0804 e. The lowest BCUT2D eigenvalue weighted by molar-refractivity contribution is 0.666. The lowest BCUT2D eigenvalue weighted by Crippen LogP contribution is -2.35. The molecular formula is C21H44Si. The first kappa shape index (κ1) is 22.0. The Morgan fingerprint density at radius 3 is 1.14 bits per heavy atom. The Morgan fingerprint density at radius 1 is 0.591 bits per heavy atom. The van der Waals surface area contributed by atoms with Crippen molar-refractivity contribution in [2.75, 3.05) is 0 Å². The minimum atomic E-state index is -1.22. The minimum absolute atomic E-state index is 1.22. The monoisotopic (exact) mass is 324 g/mol. The van der Waals surface area contributed by atoms with Gasteiger partial charge in [-0.25, -0.2) is 0 Å². The molecule has 0 bridgehead atoms. The molecule has 0 saturated heterocycles. The second-order valence-corrected chi connectivity index (χ2v) is 12.4. The highest BCUT2D eigenvalue weighted by atomic mass is 28.3. The van der Waals surface area contributed by atoms with Crippen molar-refractivity contribution in [3.8, 4) is 0 Å². The van der Waals surface area contributed by atoms with Gasteiger partial charge in [-0.2, -0.15) is 0 Å². The summed E-state index contributed by atoms with van der Waals surface area (Å²) in [6.45, 7) is 13.8. The summed E-state index contributed by atoms with van der Waals surface area (Å²) < 4.78 is 0. The summed E-state index contributed by atoms with van der Waals surface area (Å²) >= 11 is 0. The van der Waals surface area contributed by atoms with E-state index < -0.39 is 8.07 Å². The van der Waals surface area contributed by atoms with Crippen molar-refractivity contribution in [1.29, 1.82) is 0 Å². The van der Waals surface area contributed by atoms with Crippen molar-refractivity contribution in [2.45, 2.75) is 123 Å². The Kier molecular flexibility index (Phi) is 14.5. The van der Waals surface area contributed by atoms with Crippen LogP contribution in [0.1, 0.15) is 105 Å². The highest BCUT2D eigenvalue weighted by Crippen LogP contribution is 2.34. The first-order valence-electron chi connectivity index (χ1n) is 10.3. The lowest BCUT2D eigenvalue weighted by Gasteiger charge is -2.33. The maximum Gasteiger partial charge on any atom is 0.0804 e. The van der Waals surface area contributed by atoms with E-state index in [9.17, 15) is 0 Å². The molecule has 0 amide bonds. The summed E-state index contributed by atoms with van der Waals surface area (Å²) in [6, 6.07) is 4.59. The Hall–Kier alpha value is -0.0431. The van der Waals surface area contributed by atoms with Crippen molar-refractivity contribution < 1.29 is 0 Å². The zero-order valence-corrected chi connectivity index (χ0v) is 17.3. The molecule has 0 nitrogen and oxygen atoms in total. The summed E-state index contributed by atoms with van der Waals surface area (Å²) in [4.78, 5) is 0. The number of rotatable bonds is 16. The fraction of sp³-hybridized carbons (Fsp3) is 0.905. The molecule has 0 aromatic carbocycles. The predicted octanol–water partition coefficient (Wildman–Crippen LogP) is 8.29. The third-order valence-electron chi connectivity index (χ3n) is 5.43. The minimum Gasteiger partial charge on any atom is -0.104 e. The van der Waals surface area contributed by atoms with Crippen LogP contribution in [-0.4, -0.2) is 8.07 Å². The zero-order chi connectivity index (χ0) is 16.7. The normalized spacial score (nSPS) is 11.8. The van der Waals surface area contributed by atoms with Gasteiger partial charge in [0.2, 0.25) is 0 Å². The van der Waals surface area contributed by atoms with Crippen LogP contribution in [0.15, 0.2) is 11.8 Å². The maximum atomic E-state index is 4.49. The van der Waals surface area contributed by atoms with Crippen LogP contribution in [0.2, 0.25) is 18.1 Å². The molecular weight excluding hydrogens is 280 g/mol. The van der Waals surface area contributed by atoms with Gasteiger partial charge < -0.3 is 0 Å². The number of hydrogen-bond donors (Lipinski definition) is 0. The quantitative estimate of drug-likeness (QED) is 0.198. The second kappa shape index (κ2) is 14.5. The van der Waals surface area contributed by atoms with Crippen molar-refractivity contribution in [1.82, 2.24) is 0 Å². The number of allylic oxidation sites excluding steroid dienone is 1. The Labute approximate surface area is 143 Å². The zero-order valence-electron chi connectivity index (χ0n) is 16.3. The van der Waals surface area contributed by atoms with E-state index in [1.165, 1.54) is 95.2 Å². The van der Waals surface area contributed by atoms with Crippen molar-refractivity contribution >= 4 is 8.07 Å². The van der Waals surface area contributed by atoms with Gasteiger partial charge in [0.05, 0.1) is 8.07 Å². The molecule has 0 atom stereocenters. The predicted molar refractivity (Wildman–Crippen MR) is 107 cm³/mol. The molecule has 0 aromatic heterocycles. The van der Waals surface area contributed by atoms with Crippen LogP contribution >= 0.6 is 0 Å². The molecule has 132 valence electrons. The third kappa shape index (κ3) is 9.87. The Bertz CT molecular complexity index is 225. The van der Waals surface area contributed by atoms with E-state index in [1.807, 2.05) is 0 Å². The molecule has 0 rings (SSSR count). The van der Waals surface area contributed by atoms with Crippen LogP contribution in [0, 0.1) is 0 Å². The van der Waals surface area contributed by atoms with Crippen molar-refractivity contribution in [3.63, 3.8) is 0 Å². The van der Waals surface area contributed by atoms with Gasteiger partial charge in [0, 0.05) is 0 Å². The highest BCUT2D eigenvalue weighted by Gasteiger charge is 2.31. The van der Waals surface area contributed by atoms with Crippen LogP contribution in [0.25, 0.3) is 0 Å². The summed E-state index contributed by atoms with van der Waals surface area (Å²) in [5, 5.41) is 1.61. The van der Waals surface area contributed by atoms with Crippen LogP contribution in [0.4, 0.5) is 0 Å². The highest BCUT2D eigenvalue weighted by molar-refractivity contribution is 6.86. The number of hydrogen-bond acceptors (Lipinski definition) is 0. The van der Waals surface area contributed by atoms with Gasteiger partial charge in [-0.15, -0.1) is 6.58 Å². The standard InChI is InChI=1S/C21H44Si/c1-6-9-12-15-18-22(21(4)5,19-16-13-10-7-2)20-17-14-11-8-3/h4,6-20H2,1-3,5H3. The molecule has 0 radical (unpaired) electrons. The summed E-state index contributed by atoms with van der Waals surface area (Å²) in [5.74, 6) is 0. The maximum absolute atomic E-state index is 4.49. The van der Waals surface area contributed by atoms with E-state index in [2.05, 4.69) is 34.3 Å². The van der Waals surface area contributed by atoms with E-state index in [0.29, 0.717) is 0 Å². The fourth-order valence-electron chi connectivity index (χ4n) is 3.69. The molecule has 0 heterocycles. The van der Waals surface area contributed by atoms with Crippen LogP contribution in [0.5, 0.6) is 0 Å². The summed E-state index contributed by atoms with van der Waals surface area (Å²) in [7, 11) is -1.22. The van der Waals surface area contributed by atoms with Gasteiger partial charge in [0.1, 0.15) is 0 Å². The van der Waals surface area contributed by atoms with Crippen LogP contribution in [-0.2, 0) is 0 Å². The van der Waals surface area contributed by atoms with E-state index in [1.54, 1.807) is 5.20 Å². The molecule has 0 unspecified atom stereocenters. The van der Waals surface area contributed by atoms with Gasteiger partial charge in [0.15, 0.2) is 0 Å². The molecule has 0 aliphatic rings. The first-order chi connectivity index (χ1) is 10.6. The molecule has 0 fully saturated rings. The number of unbranched alkanes of at least 4 members (excludes halogenated alkanes) is 9. The average Bonchev–Trinajstić information content (AvgIpc) is 2.51. The Morgan fingerprint density at radius 2 is 0.909 bits per heavy atom. The SMILES string of the molecule is C=C(C)[Si](CCCCCC)(CCCCCC)CCCCCC. The van der Waals surface area contributed by atoms with Crippen molar-refractivity contribution in [3.05, 3.63) is 11.8 Å². The lowest BCUT2D eigenvalue weighted by atomic mass is 10.2. The van der Waals surface area contributed by atoms with E-state index in [0.717, 1.165) is 0 Å². The first-order valence-corrected chi connectivity index (χ1v) is 12.9. The van der Waals surface area contributed by atoms with Crippen LogP contribution < -0.4 is 0 Å². The van der Waals surface area contributed by atoms with Crippen molar-refractivity contribution in [2.24, 2.45) is 0 Å². The summed E-state index contributed by atoms with van der Waals surface area (Å²) in [5.41, 5.74) is 0. The second-order valence-electron chi connectivity index (χ2n) is 7.49. The van der Waals surface area contributed by atoms with E-state index in [4.69, 9.17) is 0 Å². The van der Waals surface area contributed by atoms with E-state index >= 15 is 0 Å². The van der Waals surface area contributed by atoms with Gasteiger partial charge >= 0.3 is 0 Å². The largest absolute Gasteiger partial charge is 0.104 e. The van der Waals surface area contributed by atoms with Crippen LogP contribution in [0.3, 0.4) is 0 Å². The Balaban J connectivity index is 4.51. The van der Waals surface area contributed by atoms with Gasteiger partial charge in [-0.1, -0.05) is 121 Å².